The maximum atomic E-state index is 12.0. The minimum absolute atomic E-state index is 0.0422. The Bertz CT molecular complexity index is 455. The van der Waals surface area contributed by atoms with Crippen LogP contribution in [0.1, 0.15) is 43.7 Å². The first-order valence-electron chi connectivity index (χ1n) is 7.08. The molecule has 20 heavy (non-hydrogen) atoms. The predicted molar refractivity (Wildman–Crippen MR) is 76.2 cm³/mol. The second-order valence-corrected chi connectivity index (χ2v) is 5.21. The van der Waals surface area contributed by atoms with Crippen molar-refractivity contribution in [1.82, 2.24) is 10.9 Å². The van der Waals surface area contributed by atoms with E-state index in [-0.39, 0.29) is 11.8 Å². The molecule has 0 aromatic heterocycles. The lowest BCUT2D eigenvalue weighted by Gasteiger charge is -2.23. The Hall–Kier alpha value is -1.88. The summed E-state index contributed by atoms with van der Waals surface area (Å²) < 4.78 is 0. The van der Waals surface area contributed by atoms with Crippen molar-refractivity contribution in [3.63, 3.8) is 0 Å². The van der Waals surface area contributed by atoms with Gasteiger partial charge >= 0.3 is 0 Å². The molecule has 1 atom stereocenters. The van der Waals surface area contributed by atoms with Crippen LogP contribution in [0, 0.1) is 5.92 Å². The van der Waals surface area contributed by atoms with Crippen LogP contribution in [-0.4, -0.2) is 11.8 Å². The fourth-order valence-corrected chi connectivity index (χ4v) is 2.57. The Morgan fingerprint density at radius 3 is 2.35 bits per heavy atom. The predicted octanol–water partition coefficient (Wildman–Crippen LogP) is 1.41. The summed E-state index contributed by atoms with van der Waals surface area (Å²) in [7, 11) is 0. The van der Waals surface area contributed by atoms with Crippen LogP contribution in [0.5, 0.6) is 0 Å². The highest BCUT2D eigenvalue weighted by Gasteiger charge is 2.23. The molecule has 0 unspecified atom stereocenters. The molecule has 1 aromatic carbocycles. The number of nitrogens with two attached hydrogens (primary N) is 1. The minimum Gasteiger partial charge on any atom is -0.368 e. The van der Waals surface area contributed by atoms with Gasteiger partial charge in [-0.15, -0.1) is 0 Å². The van der Waals surface area contributed by atoms with Crippen LogP contribution in [0.25, 0.3) is 0 Å². The Labute approximate surface area is 118 Å². The second-order valence-electron chi connectivity index (χ2n) is 5.21. The van der Waals surface area contributed by atoms with Crippen LogP contribution in [-0.2, 0) is 9.59 Å². The van der Waals surface area contributed by atoms with Crippen LogP contribution in [0.15, 0.2) is 30.3 Å². The van der Waals surface area contributed by atoms with Gasteiger partial charge in [-0.2, -0.15) is 0 Å². The van der Waals surface area contributed by atoms with Crippen molar-refractivity contribution in [3.05, 3.63) is 35.9 Å². The number of hydrogen-bond donors (Lipinski definition) is 3. The molecule has 5 nitrogen and oxygen atoms in total. The number of nitrogens with one attached hydrogen (secondary N) is 2. The Kier molecular flexibility index (Phi) is 5.12. The van der Waals surface area contributed by atoms with E-state index in [0.29, 0.717) is 0 Å². The summed E-state index contributed by atoms with van der Waals surface area (Å²) >= 11 is 0. The molecule has 5 heteroatoms. The number of benzene rings is 1. The van der Waals surface area contributed by atoms with Gasteiger partial charge in [0.05, 0.1) is 0 Å². The van der Waals surface area contributed by atoms with Gasteiger partial charge in [-0.3, -0.25) is 15.0 Å². The molecule has 108 valence electrons. The van der Waals surface area contributed by atoms with E-state index in [4.69, 9.17) is 5.73 Å². The van der Waals surface area contributed by atoms with Gasteiger partial charge in [-0.1, -0.05) is 49.6 Å². The van der Waals surface area contributed by atoms with Gasteiger partial charge in [0.25, 0.3) is 0 Å². The average molecular weight is 275 g/mol. The van der Waals surface area contributed by atoms with Crippen LogP contribution in [0.2, 0.25) is 0 Å². The number of carbonyl (C=O) groups excluding carboxylic acids is 2. The molecule has 0 bridgehead atoms. The standard InChI is InChI=1S/C15H21N3O2/c16-14(19)13(11-7-3-1-4-8-11)17-18-15(20)12-9-5-2-6-10-12/h1,3-4,7-8,12-13,17H,2,5-6,9-10H2,(H2,16,19)(H,18,20)/t13-/m0/s1. The quantitative estimate of drug-likeness (QED) is 0.710. The third-order valence-corrected chi connectivity index (χ3v) is 3.73. The van der Waals surface area contributed by atoms with Crippen molar-refractivity contribution in [2.24, 2.45) is 11.7 Å². The molecule has 0 radical (unpaired) electrons. The fraction of sp³-hybridized carbons (Fsp3) is 0.467. The second kappa shape index (κ2) is 7.05. The first-order chi connectivity index (χ1) is 9.68. The molecule has 1 aliphatic carbocycles. The van der Waals surface area contributed by atoms with Crippen molar-refractivity contribution >= 4 is 11.8 Å². The lowest BCUT2D eigenvalue weighted by Crippen LogP contribution is -2.47. The summed E-state index contributed by atoms with van der Waals surface area (Å²) in [5, 5.41) is 0. The van der Waals surface area contributed by atoms with Crippen molar-refractivity contribution < 1.29 is 9.59 Å². The van der Waals surface area contributed by atoms with Crippen LogP contribution in [0.3, 0.4) is 0 Å². The van der Waals surface area contributed by atoms with Gasteiger partial charge < -0.3 is 5.73 Å². The molecule has 0 saturated heterocycles. The van der Waals surface area contributed by atoms with E-state index in [1.165, 1.54) is 6.42 Å². The van der Waals surface area contributed by atoms with Gasteiger partial charge in [0.2, 0.25) is 11.8 Å². The maximum Gasteiger partial charge on any atom is 0.240 e. The van der Waals surface area contributed by atoms with Crippen LogP contribution in [0.4, 0.5) is 0 Å². The zero-order chi connectivity index (χ0) is 14.4. The highest BCUT2D eigenvalue weighted by molar-refractivity contribution is 5.83. The molecule has 1 aliphatic rings. The smallest absolute Gasteiger partial charge is 0.240 e. The highest BCUT2D eigenvalue weighted by Crippen LogP contribution is 2.23. The molecule has 2 amide bonds. The summed E-state index contributed by atoms with van der Waals surface area (Å²) in [4.78, 5) is 23.5. The van der Waals surface area contributed by atoms with Gasteiger partial charge in [0.15, 0.2) is 0 Å². The largest absolute Gasteiger partial charge is 0.368 e. The Balaban J connectivity index is 1.92. The van der Waals surface area contributed by atoms with Gasteiger partial charge in [0.1, 0.15) is 6.04 Å². The van der Waals surface area contributed by atoms with E-state index < -0.39 is 11.9 Å². The molecule has 2 rings (SSSR count). The van der Waals surface area contributed by atoms with Crippen molar-refractivity contribution in [3.8, 4) is 0 Å². The van der Waals surface area contributed by atoms with E-state index in [1.807, 2.05) is 18.2 Å². The first kappa shape index (κ1) is 14.5. The lowest BCUT2D eigenvalue weighted by molar-refractivity contribution is -0.128. The summed E-state index contributed by atoms with van der Waals surface area (Å²) in [5.74, 6) is -0.521. The molecular weight excluding hydrogens is 254 g/mol. The van der Waals surface area contributed by atoms with Gasteiger partial charge in [0, 0.05) is 5.92 Å². The van der Waals surface area contributed by atoms with E-state index in [9.17, 15) is 9.59 Å². The lowest BCUT2D eigenvalue weighted by atomic mass is 9.89. The Morgan fingerprint density at radius 2 is 1.75 bits per heavy atom. The molecule has 1 aromatic rings. The molecule has 1 saturated carbocycles. The zero-order valence-corrected chi connectivity index (χ0v) is 11.5. The molecule has 1 fully saturated rings. The fourth-order valence-electron chi connectivity index (χ4n) is 2.57. The van der Waals surface area contributed by atoms with Gasteiger partial charge in [-0.25, -0.2) is 5.43 Å². The normalized spacial score (nSPS) is 17.4. The highest BCUT2D eigenvalue weighted by atomic mass is 16.2. The maximum absolute atomic E-state index is 12.0. The number of hydrogen-bond acceptors (Lipinski definition) is 3. The Morgan fingerprint density at radius 1 is 1.10 bits per heavy atom. The van der Waals surface area contributed by atoms with Crippen molar-refractivity contribution in [1.29, 1.82) is 0 Å². The number of rotatable bonds is 5. The van der Waals surface area contributed by atoms with Gasteiger partial charge in [-0.05, 0) is 18.4 Å². The zero-order valence-electron chi connectivity index (χ0n) is 11.5. The molecule has 0 spiro atoms. The van der Waals surface area contributed by atoms with Crippen LogP contribution < -0.4 is 16.6 Å². The summed E-state index contributed by atoms with van der Waals surface area (Å²) in [5.41, 5.74) is 11.5. The number of amides is 2. The van der Waals surface area contributed by atoms with Crippen molar-refractivity contribution in [2.45, 2.75) is 38.1 Å². The molecule has 0 aliphatic heterocycles. The number of primary amides is 1. The van der Waals surface area contributed by atoms with Crippen molar-refractivity contribution in [2.75, 3.05) is 0 Å². The third kappa shape index (κ3) is 3.81. The molecular formula is C15H21N3O2. The third-order valence-electron chi connectivity index (χ3n) is 3.73. The van der Waals surface area contributed by atoms with Crippen LogP contribution >= 0.6 is 0 Å². The first-order valence-corrected chi connectivity index (χ1v) is 7.08. The minimum atomic E-state index is -0.705. The SMILES string of the molecule is NC(=O)[C@@H](NNC(=O)C1CCCCC1)c1ccccc1. The summed E-state index contributed by atoms with van der Waals surface area (Å²) in [6, 6.07) is 8.42. The molecule has 4 N–H and O–H groups in total. The van der Waals surface area contributed by atoms with E-state index in [2.05, 4.69) is 10.9 Å². The topological polar surface area (TPSA) is 84.2 Å². The summed E-state index contributed by atoms with van der Waals surface area (Å²) in [6.07, 6.45) is 5.22. The number of carbonyl (C=O) groups is 2. The number of hydrazine groups is 1. The average Bonchev–Trinajstić information content (AvgIpc) is 2.49. The summed E-state index contributed by atoms with van der Waals surface area (Å²) in [6.45, 7) is 0. The molecule has 0 heterocycles. The van der Waals surface area contributed by atoms with E-state index >= 15 is 0 Å². The van der Waals surface area contributed by atoms with E-state index in [1.54, 1.807) is 12.1 Å². The monoisotopic (exact) mass is 275 g/mol. The van der Waals surface area contributed by atoms with E-state index in [0.717, 1.165) is 31.2 Å².